The summed E-state index contributed by atoms with van der Waals surface area (Å²) in [5, 5.41) is 0. The minimum atomic E-state index is -0.448. The molecule has 0 aromatic carbocycles. The van der Waals surface area contributed by atoms with Crippen LogP contribution in [0.25, 0.3) is 0 Å². The summed E-state index contributed by atoms with van der Waals surface area (Å²) in [7, 11) is 0. The topological polar surface area (TPSA) is 26.0 Å². The van der Waals surface area contributed by atoms with E-state index in [2.05, 4.69) is 90.3 Å². The van der Waals surface area contributed by atoms with Gasteiger partial charge in [0.15, 0.2) is 0 Å². The zero-order valence-electron chi connectivity index (χ0n) is 17.7. The molecule has 0 radical (unpaired) electrons. The third-order valence-electron chi connectivity index (χ3n) is 5.72. The van der Waals surface area contributed by atoms with Crippen LogP contribution in [-0.2, 0) is 0 Å². The number of nitrogens with two attached hydrogens (primary N) is 1. The van der Waals surface area contributed by atoms with Gasteiger partial charge in [0.1, 0.15) is 0 Å². The molecule has 2 rings (SSSR count). The van der Waals surface area contributed by atoms with Gasteiger partial charge in [-0.2, -0.15) is 0 Å². The number of hydrogen-bond acceptors (Lipinski definition) is 1. The molecule has 0 saturated carbocycles. The molecule has 0 aromatic rings. The highest BCUT2D eigenvalue weighted by atomic mass is 14.8. The lowest BCUT2D eigenvalue weighted by molar-refractivity contribution is 0.450. The Morgan fingerprint density at radius 2 is 1.93 bits per heavy atom. The average Bonchev–Trinajstić information content (AvgIpc) is 2.76. The maximum atomic E-state index is 6.84. The molecular weight excluding hydrogens is 326 g/mol. The standard InChI is InChI=1S/C26H35N/c1-8-11-23-22(6)26(7,27)25-21(5)17-20(4)16-19(3)15-14-18(2)12-9-10-13-24(23)25/h8,10-15,17,19,22H,1,5,9,16,27H2,2-4,6-7H3/b13-10-,15-14-,18-12+,20-17+,23-11+. The molecule has 2 aliphatic rings. The van der Waals surface area contributed by atoms with Crippen LogP contribution in [0.1, 0.15) is 47.5 Å². The van der Waals surface area contributed by atoms with Gasteiger partial charge in [-0.1, -0.05) is 86.8 Å². The Kier molecular flexibility index (Phi) is 6.84. The normalized spacial score (nSPS) is 37.7. The predicted molar refractivity (Wildman–Crippen MR) is 120 cm³/mol. The van der Waals surface area contributed by atoms with E-state index in [1.54, 1.807) is 0 Å². The summed E-state index contributed by atoms with van der Waals surface area (Å²) in [6.07, 6.45) is 19.3. The summed E-state index contributed by atoms with van der Waals surface area (Å²) in [5.74, 6) is 0.705. The van der Waals surface area contributed by atoms with Crippen LogP contribution in [0.3, 0.4) is 0 Å². The molecule has 3 atom stereocenters. The van der Waals surface area contributed by atoms with Crippen molar-refractivity contribution in [2.24, 2.45) is 17.6 Å². The molecule has 0 fully saturated rings. The van der Waals surface area contributed by atoms with E-state index >= 15 is 0 Å². The molecule has 0 spiro atoms. The van der Waals surface area contributed by atoms with E-state index in [1.165, 1.54) is 22.3 Å². The van der Waals surface area contributed by atoms with Gasteiger partial charge in [-0.15, -0.1) is 0 Å². The van der Waals surface area contributed by atoms with E-state index < -0.39 is 5.54 Å². The SMILES string of the molecule is C=C/C=C1/C2=C(C(=C)/C=C(\C)CC(C)/C=C\C(C)=C\C/C=C\2)C(C)(N)C1C. The van der Waals surface area contributed by atoms with Crippen LogP contribution in [-0.4, -0.2) is 5.54 Å². The van der Waals surface area contributed by atoms with E-state index in [0.29, 0.717) is 5.92 Å². The zero-order chi connectivity index (χ0) is 20.2. The lowest BCUT2D eigenvalue weighted by Gasteiger charge is -2.29. The molecule has 2 N–H and O–H groups in total. The Labute approximate surface area is 166 Å². The third kappa shape index (κ3) is 4.78. The van der Waals surface area contributed by atoms with Gasteiger partial charge in [0.05, 0.1) is 0 Å². The summed E-state index contributed by atoms with van der Waals surface area (Å²) < 4.78 is 0. The summed E-state index contributed by atoms with van der Waals surface area (Å²) in [6.45, 7) is 19.2. The molecule has 1 nitrogen and oxygen atoms in total. The number of rotatable bonds is 1. The molecule has 0 saturated heterocycles. The molecule has 0 aliphatic heterocycles. The Morgan fingerprint density at radius 1 is 1.22 bits per heavy atom. The fraction of sp³-hybridized carbons (Fsp3) is 0.385. The lowest BCUT2D eigenvalue weighted by atomic mass is 9.81. The molecular formula is C26H35N. The first-order valence-corrected chi connectivity index (χ1v) is 9.93. The average molecular weight is 362 g/mol. The number of allylic oxidation sites excluding steroid dienone is 11. The van der Waals surface area contributed by atoms with Crippen molar-refractivity contribution in [3.63, 3.8) is 0 Å². The largest absolute Gasteiger partial charge is 0.321 e. The summed E-state index contributed by atoms with van der Waals surface area (Å²) >= 11 is 0. The van der Waals surface area contributed by atoms with Gasteiger partial charge in [0.25, 0.3) is 0 Å². The molecule has 0 bridgehead atoms. The Hall–Kier alpha value is -2.12. The van der Waals surface area contributed by atoms with Crippen molar-refractivity contribution in [1.82, 2.24) is 0 Å². The van der Waals surface area contributed by atoms with E-state index in [4.69, 9.17) is 5.73 Å². The van der Waals surface area contributed by atoms with Crippen LogP contribution in [0, 0.1) is 11.8 Å². The highest BCUT2D eigenvalue weighted by Crippen LogP contribution is 2.46. The highest BCUT2D eigenvalue weighted by molar-refractivity contribution is 5.64. The second-order valence-electron chi connectivity index (χ2n) is 8.29. The van der Waals surface area contributed by atoms with Crippen molar-refractivity contribution in [1.29, 1.82) is 0 Å². The molecule has 27 heavy (non-hydrogen) atoms. The monoisotopic (exact) mass is 361 g/mol. The second-order valence-corrected chi connectivity index (χ2v) is 8.29. The maximum absolute atomic E-state index is 6.84. The number of hydrogen-bond donors (Lipinski definition) is 1. The van der Waals surface area contributed by atoms with Gasteiger partial charge < -0.3 is 5.73 Å². The predicted octanol–water partition coefficient (Wildman–Crippen LogP) is 6.75. The van der Waals surface area contributed by atoms with Crippen molar-refractivity contribution in [2.75, 3.05) is 0 Å². The minimum Gasteiger partial charge on any atom is -0.321 e. The van der Waals surface area contributed by atoms with Gasteiger partial charge in [-0.25, -0.2) is 0 Å². The molecule has 144 valence electrons. The van der Waals surface area contributed by atoms with Crippen molar-refractivity contribution >= 4 is 0 Å². The third-order valence-corrected chi connectivity index (χ3v) is 5.72. The Morgan fingerprint density at radius 3 is 2.59 bits per heavy atom. The van der Waals surface area contributed by atoms with Crippen molar-refractivity contribution in [3.8, 4) is 0 Å². The van der Waals surface area contributed by atoms with Gasteiger partial charge >= 0.3 is 0 Å². The molecule has 0 aromatic heterocycles. The molecule has 0 amide bonds. The smallest absolute Gasteiger partial charge is 0.0459 e. The minimum absolute atomic E-state index is 0.212. The van der Waals surface area contributed by atoms with Gasteiger partial charge in [0.2, 0.25) is 0 Å². The van der Waals surface area contributed by atoms with E-state index in [1.807, 2.05) is 6.08 Å². The quantitative estimate of drug-likeness (QED) is 0.549. The Balaban J connectivity index is 2.64. The van der Waals surface area contributed by atoms with Crippen LogP contribution < -0.4 is 5.73 Å². The van der Waals surface area contributed by atoms with Crippen molar-refractivity contribution in [2.45, 2.75) is 53.0 Å². The first-order chi connectivity index (χ1) is 12.7. The van der Waals surface area contributed by atoms with E-state index in [0.717, 1.165) is 24.0 Å². The van der Waals surface area contributed by atoms with Crippen LogP contribution >= 0.6 is 0 Å². The van der Waals surface area contributed by atoms with E-state index in [-0.39, 0.29) is 5.92 Å². The fourth-order valence-electron chi connectivity index (χ4n) is 4.10. The van der Waals surface area contributed by atoms with Crippen LogP contribution in [0.4, 0.5) is 0 Å². The van der Waals surface area contributed by atoms with Gasteiger partial charge in [-0.05, 0) is 61.8 Å². The summed E-state index contributed by atoms with van der Waals surface area (Å²) in [5.41, 5.74) is 13.6. The molecule has 1 heteroatoms. The van der Waals surface area contributed by atoms with Crippen LogP contribution in [0.2, 0.25) is 0 Å². The van der Waals surface area contributed by atoms with Crippen molar-refractivity contribution in [3.05, 3.63) is 95.2 Å². The molecule has 2 aliphatic carbocycles. The fourth-order valence-corrected chi connectivity index (χ4v) is 4.10. The van der Waals surface area contributed by atoms with Crippen LogP contribution in [0.5, 0.6) is 0 Å². The second kappa shape index (κ2) is 8.71. The Bertz CT molecular complexity index is 790. The lowest BCUT2D eigenvalue weighted by Crippen LogP contribution is -2.42. The molecule has 3 unspecified atom stereocenters. The molecule has 0 heterocycles. The van der Waals surface area contributed by atoms with Gasteiger partial charge in [0, 0.05) is 11.5 Å². The van der Waals surface area contributed by atoms with E-state index in [9.17, 15) is 0 Å². The highest BCUT2D eigenvalue weighted by Gasteiger charge is 2.42. The maximum Gasteiger partial charge on any atom is 0.0459 e. The summed E-state index contributed by atoms with van der Waals surface area (Å²) in [4.78, 5) is 0. The summed E-state index contributed by atoms with van der Waals surface area (Å²) in [6, 6.07) is 0. The van der Waals surface area contributed by atoms with Gasteiger partial charge in [-0.3, -0.25) is 0 Å². The first kappa shape index (κ1) is 21.2. The zero-order valence-corrected chi connectivity index (χ0v) is 17.7. The van der Waals surface area contributed by atoms with Crippen LogP contribution in [0.15, 0.2) is 95.2 Å². The van der Waals surface area contributed by atoms with Crippen molar-refractivity contribution < 1.29 is 0 Å². The first-order valence-electron chi connectivity index (χ1n) is 9.93.